The minimum absolute atomic E-state index is 0.0183. The molecule has 0 aromatic heterocycles. The fourth-order valence-electron chi connectivity index (χ4n) is 4.03. The predicted molar refractivity (Wildman–Crippen MR) is 118 cm³/mol. The standard InChI is InChI=1S/C22H26ClN3O4S/c23-20-7-6-19(16-21(20)31(28,29)26-12-14-30-15-13-26)22(27)25-10-8-24(9-11-25)17-18-4-2-1-3-5-18/h1-7,16H,8-15,17H2/p+1. The Morgan fingerprint density at radius 2 is 1.68 bits per heavy atom. The molecule has 0 unspecified atom stereocenters. The molecule has 2 fully saturated rings. The van der Waals surface area contributed by atoms with Crippen LogP contribution in [-0.4, -0.2) is 76.0 Å². The number of piperazine rings is 1. The normalized spacial score (nSPS) is 18.8. The average Bonchev–Trinajstić information content (AvgIpc) is 2.80. The molecule has 9 heteroatoms. The van der Waals surface area contributed by atoms with Crippen molar-refractivity contribution < 1.29 is 22.8 Å². The predicted octanol–water partition coefficient (Wildman–Crippen LogP) is 0.902. The molecule has 2 saturated heterocycles. The van der Waals surface area contributed by atoms with Gasteiger partial charge in [0.15, 0.2) is 0 Å². The van der Waals surface area contributed by atoms with Gasteiger partial charge in [-0.2, -0.15) is 4.31 Å². The molecule has 2 aromatic carbocycles. The summed E-state index contributed by atoms with van der Waals surface area (Å²) in [6.45, 7) is 5.18. The Labute approximate surface area is 188 Å². The molecule has 0 saturated carbocycles. The van der Waals surface area contributed by atoms with Gasteiger partial charge in [0, 0.05) is 24.2 Å². The third-order valence-electron chi connectivity index (χ3n) is 5.82. The van der Waals surface area contributed by atoms with Crippen molar-refractivity contribution in [3.05, 3.63) is 64.7 Å². The average molecular weight is 465 g/mol. The van der Waals surface area contributed by atoms with Crippen LogP contribution in [0.2, 0.25) is 5.02 Å². The smallest absolute Gasteiger partial charge is 0.254 e. The Hall–Kier alpha value is -1.97. The zero-order valence-corrected chi connectivity index (χ0v) is 18.9. The van der Waals surface area contributed by atoms with E-state index in [1.165, 1.54) is 26.9 Å². The maximum absolute atomic E-state index is 13.1. The number of nitrogens with one attached hydrogen (secondary N) is 1. The molecule has 7 nitrogen and oxygen atoms in total. The first-order valence-corrected chi connectivity index (χ1v) is 12.3. The quantitative estimate of drug-likeness (QED) is 0.713. The minimum atomic E-state index is -3.78. The highest BCUT2D eigenvalue weighted by Gasteiger charge is 2.30. The van der Waals surface area contributed by atoms with Crippen LogP contribution in [0.3, 0.4) is 0 Å². The summed E-state index contributed by atoms with van der Waals surface area (Å²) in [6.07, 6.45) is 0. The van der Waals surface area contributed by atoms with Crippen LogP contribution in [0.15, 0.2) is 53.4 Å². The Morgan fingerprint density at radius 1 is 1.00 bits per heavy atom. The van der Waals surface area contributed by atoms with Crippen LogP contribution in [-0.2, 0) is 21.3 Å². The van der Waals surface area contributed by atoms with Crippen LogP contribution in [0.25, 0.3) is 0 Å². The molecule has 2 heterocycles. The minimum Gasteiger partial charge on any atom is -0.379 e. The summed E-state index contributed by atoms with van der Waals surface area (Å²) < 4.78 is 32.7. The summed E-state index contributed by atoms with van der Waals surface area (Å²) in [4.78, 5) is 16.3. The fraction of sp³-hybridized carbons (Fsp3) is 0.409. The number of nitrogens with zero attached hydrogens (tertiary/aromatic N) is 2. The Kier molecular flexibility index (Phi) is 6.93. The zero-order valence-electron chi connectivity index (χ0n) is 17.3. The number of carbonyl (C=O) groups excluding carboxylic acids is 1. The van der Waals surface area contributed by atoms with E-state index in [9.17, 15) is 13.2 Å². The van der Waals surface area contributed by atoms with E-state index in [0.29, 0.717) is 31.9 Å². The van der Waals surface area contributed by atoms with Gasteiger partial charge in [-0.25, -0.2) is 8.42 Å². The molecule has 0 atom stereocenters. The van der Waals surface area contributed by atoms with E-state index in [1.54, 1.807) is 11.0 Å². The SMILES string of the molecule is O=C(c1ccc(Cl)c(S(=O)(=O)N2CCOCC2)c1)N1CC[NH+](Cc2ccccc2)CC1. The molecular weight excluding hydrogens is 438 g/mol. The van der Waals surface area contributed by atoms with Crippen molar-refractivity contribution in [3.8, 4) is 0 Å². The summed E-state index contributed by atoms with van der Waals surface area (Å²) in [5.74, 6) is -0.158. The third kappa shape index (κ3) is 5.10. The van der Waals surface area contributed by atoms with E-state index in [1.807, 2.05) is 18.2 Å². The Bertz CT molecular complexity index is 1020. The summed E-state index contributed by atoms with van der Waals surface area (Å²) in [5, 5.41) is 0.125. The number of halogens is 1. The van der Waals surface area contributed by atoms with Gasteiger partial charge in [-0.3, -0.25) is 4.79 Å². The van der Waals surface area contributed by atoms with Gasteiger partial charge in [0.25, 0.3) is 5.91 Å². The van der Waals surface area contributed by atoms with Crippen molar-refractivity contribution in [3.63, 3.8) is 0 Å². The van der Waals surface area contributed by atoms with Crippen molar-refractivity contribution in [2.75, 3.05) is 52.5 Å². The molecule has 4 rings (SSSR count). The van der Waals surface area contributed by atoms with E-state index < -0.39 is 10.0 Å². The molecule has 166 valence electrons. The lowest BCUT2D eigenvalue weighted by Gasteiger charge is -2.32. The van der Waals surface area contributed by atoms with Gasteiger partial charge < -0.3 is 14.5 Å². The van der Waals surface area contributed by atoms with Crippen molar-refractivity contribution in [1.29, 1.82) is 0 Å². The summed E-state index contributed by atoms with van der Waals surface area (Å²) in [7, 11) is -3.78. The zero-order chi connectivity index (χ0) is 21.8. The number of ether oxygens (including phenoxy) is 1. The second kappa shape index (κ2) is 9.67. The number of rotatable bonds is 5. The highest BCUT2D eigenvalue weighted by molar-refractivity contribution is 7.89. The maximum Gasteiger partial charge on any atom is 0.254 e. The molecule has 0 bridgehead atoms. The van der Waals surface area contributed by atoms with Crippen molar-refractivity contribution in [2.45, 2.75) is 11.4 Å². The van der Waals surface area contributed by atoms with Crippen LogP contribution >= 0.6 is 11.6 Å². The number of quaternary nitrogens is 1. The van der Waals surface area contributed by atoms with Gasteiger partial charge >= 0.3 is 0 Å². The maximum atomic E-state index is 13.1. The van der Waals surface area contributed by atoms with Crippen molar-refractivity contribution in [2.24, 2.45) is 0 Å². The number of hydrogen-bond acceptors (Lipinski definition) is 4. The first kappa shape index (κ1) is 22.2. The molecular formula is C22H27ClN3O4S+. The highest BCUT2D eigenvalue weighted by Crippen LogP contribution is 2.27. The van der Waals surface area contributed by atoms with Gasteiger partial charge in [-0.1, -0.05) is 41.9 Å². The van der Waals surface area contributed by atoms with Crippen LogP contribution in [0.4, 0.5) is 0 Å². The van der Waals surface area contributed by atoms with Crippen molar-refractivity contribution >= 4 is 27.5 Å². The molecule has 2 aliphatic heterocycles. The Morgan fingerprint density at radius 3 is 2.35 bits per heavy atom. The van der Waals surface area contributed by atoms with E-state index in [0.717, 1.165) is 19.6 Å². The number of sulfonamides is 1. The molecule has 1 amide bonds. The van der Waals surface area contributed by atoms with Crippen LogP contribution in [0, 0.1) is 0 Å². The third-order valence-corrected chi connectivity index (χ3v) is 8.20. The van der Waals surface area contributed by atoms with Gasteiger partial charge in [-0.05, 0) is 18.2 Å². The summed E-state index contributed by atoms with van der Waals surface area (Å²) >= 11 is 6.22. The Balaban J connectivity index is 1.44. The molecule has 31 heavy (non-hydrogen) atoms. The first-order valence-electron chi connectivity index (χ1n) is 10.5. The number of morpholine rings is 1. The monoisotopic (exact) mass is 464 g/mol. The highest BCUT2D eigenvalue weighted by atomic mass is 35.5. The second-order valence-corrected chi connectivity index (χ2v) is 10.2. The van der Waals surface area contributed by atoms with E-state index >= 15 is 0 Å². The fourth-order valence-corrected chi connectivity index (χ4v) is 5.94. The van der Waals surface area contributed by atoms with Crippen LogP contribution in [0.1, 0.15) is 15.9 Å². The number of benzene rings is 2. The van der Waals surface area contributed by atoms with E-state index in [4.69, 9.17) is 16.3 Å². The molecule has 0 radical (unpaired) electrons. The second-order valence-electron chi connectivity index (χ2n) is 7.87. The molecule has 2 aromatic rings. The van der Waals surface area contributed by atoms with E-state index in [2.05, 4.69) is 12.1 Å². The first-order chi connectivity index (χ1) is 14.9. The van der Waals surface area contributed by atoms with Gasteiger partial charge in [-0.15, -0.1) is 0 Å². The van der Waals surface area contributed by atoms with Crippen LogP contribution in [0.5, 0.6) is 0 Å². The molecule has 0 spiro atoms. The number of hydrogen-bond donors (Lipinski definition) is 1. The van der Waals surface area contributed by atoms with Crippen LogP contribution < -0.4 is 4.90 Å². The van der Waals surface area contributed by atoms with Crippen molar-refractivity contribution in [1.82, 2.24) is 9.21 Å². The van der Waals surface area contributed by atoms with E-state index in [-0.39, 0.29) is 28.9 Å². The molecule has 1 N–H and O–H groups in total. The lowest BCUT2D eigenvalue weighted by Crippen LogP contribution is -3.13. The van der Waals surface area contributed by atoms with Gasteiger partial charge in [0.2, 0.25) is 10.0 Å². The molecule has 0 aliphatic carbocycles. The number of carbonyl (C=O) groups is 1. The topological polar surface area (TPSA) is 71.4 Å². The largest absolute Gasteiger partial charge is 0.379 e. The number of amides is 1. The van der Waals surface area contributed by atoms with Gasteiger partial charge in [0.05, 0.1) is 44.4 Å². The summed E-state index contributed by atoms with van der Waals surface area (Å²) in [5.41, 5.74) is 1.63. The molecule has 2 aliphatic rings. The lowest BCUT2D eigenvalue weighted by atomic mass is 10.1. The summed E-state index contributed by atoms with van der Waals surface area (Å²) in [6, 6.07) is 14.8. The van der Waals surface area contributed by atoms with Gasteiger partial charge in [0.1, 0.15) is 11.4 Å². The lowest BCUT2D eigenvalue weighted by molar-refractivity contribution is -0.917.